The monoisotopic (exact) mass is 863 g/mol. The lowest BCUT2D eigenvalue weighted by Crippen LogP contribution is -2.35. The van der Waals surface area contributed by atoms with Crippen molar-refractivity contribution < 1.29 is 0 Å². The van der Waals surface area contributed by atoms with Gasteiger partial charge < -0.3 is 9.88 Å². The van der Waals surface area contributed by atoms with Gasteiger partial charge in [0.25, 0.3) is 0 Å². The van der Waals surface area contributed by atoms with Crippen LogP contribution in [-0.2, 0) is 0 Å². The van der Waals surface area contributed by atoms with Crippen LogP contribution in [0.15, 0.2) is 222 Å². The minimum atomic E-state index is -0.447. The van der Waals surface area contributed by atoms with E-state index in [4.69, 9.17) is 9.98 Å². The molecule has 16 rings (SSSR count). The van der Waals surface area contributed by atoms with Gasteiger partial charge in [0.15, 0.2) is 0 Å². The first-order valence-electron chi connectivity index (χ1n) is 23.4. The molecule has 0 saturated heterocycles. The average molecular weight is 864 g/mol. The Morgan fingerprint density at radius 1 is 0.353 bits per heavy atom. The molecule has 0 saturated carbocycles. The number of amidine groups is 1. The molecule has 68 heavy (non-hydrogen) atoms. The van der Waals surface area contributed by atoms with Gasteiger partial charge in [-0.25, -0.2) is 4.99 Å². The summed E-state index contributed by atoms with van der Waals surface area (Å²) in [5.74, 6) is 1.42. The summed E-state index contributed by atoms with van der Waals surface area (Å²) >= 11 is 0. The van der Waals surface area contributed by atoms with Gasteiger partial charge >= 0.3 is 0 Å². The Morgan fingerprint density at radius 3 is 1.51 bits per heavy atom. The van der Waals surface area contributed by atoms with E-state index in [2.05, 4.69) is 227 Å². The van der Waals surface area contributed by atoms with Crippen LogP contribution in [-0.4, -0.2) is 20.9 Å². The first-order valence-corrected chi connectivity index (χ1v) is 23.4. The Labute approximate surface area is 388 Å². The van der Waals surface area contributed by atoms with Gasteiger partial charge in [0, 0.05) is 32.5 Å². The molecule has 1 aliphatic rings. The topological polar surface area (TPSA) is 46.6 Å². The quantitative estimate of drug-likeness (QED) is 0.177. The zero-order chi connectivity index (χ0) is 44.2. The highest BCUT2D eigenvalue weighted by molar-refractivity contribution is 6.30. The highest BCUT2D eigenvalue weighted by atomic mass is 15.3. The molecule has 15 aromatic rings. The summed E-state index contributed by atoms with van der Waals surface area (Å²) in [4.78, 5) is 11.4. The maximum Gasteiger partial charge on any atom is 0.234 e. The van der Waals surface area contributed by atoms with Crippen LogP contribution < -0.4 is 5.32 Å². The molecule has 1 aliphatic heterocycles. The number of para-hydroxylation sites is 2. The maximum atomic E-state index is 5.71. The standard InChI is InChI=1S/C63H37N5/c1-2-16-47-36(10-1)11-9-21-51(47)67-53-20-6-4-18-50(53)59-54(67)31-30-49-48-17-3-5-19-52(48)68(60(49)59)63-65-61(45-32-41-26-22-37-12-7-13-38-23-27-42(33-45)57(41)55(37)38)64-62(66-63)46-34-43-28-24-39-14-8-15-40-25-29-44(35-46)58(43)56(39)40/h1-35,61H,(H,64,65,66). The van der Waals surface area contributed by atoms with Crippen molar-refractivity contribution in [2.45, 2.75) is 6.17 Å². The van der Waals surface area contributed by atoms with Crippen molar-refractivity contribution >= 4 is 131 Å². The van der Waals surface area contributed by atoms with Crippen molar-refractivity contribution in [1.29, 1.82) is 0 Å². The van der Waals surface area contributed by atoms with E-state index in [1.807, 2.05) is 0 Å². The molecular weight excluding hydrogens is 827 g/mol. The summed E-state index contributed by atoms with van der Waals surface area (Å²) in [6.45, 7) is 0. The van der Waals surface area contributed by atoms with E-state index in [-0.39, 0.29) is 0 Å². The Kier molecular flexibility index (Phi) is 7.07. The van der Waals surface area contributed by atoms with Crippen LogP contribution in [0.2, 0.25) is 0 Å². The van der Waals surface area contributed by atoms with Crippen LogP contribution in [0.25, 0.3) is 125 Å². The number of hydrogen-bond acceptors (Lipinski definition) is 3. The number of hydrogen-bond donors (Lipinski definition) is 1. The summed E-state index contributed by atoms with van der Waals surface area (Å²) in [6.07, 6.45) is -0.447. The van der Waals surface area contributed by atoms with E-state index in [1.54, 1.807) is 0 Å². The van der Waals surface area contributed by atoms with E-state index in [0.29, 0.717) is 5.96 Å². The van der Waals surface area contributed by atoms with Crippen LogP contribution in [0.4, 0.5) is 0 Å². The largest absolute Gasteiger partial charge is 0.344 e. The van der Waals surface area contributed by atoms with Crippen molar-refractivity contribution in [1.82, 2.24) is 14.5 Å². The molecule has 0 aliphatic carbocycles. The third-order valence-corrected chi connectivity index (χ3v) is 14.9. The maximum absolute atomic E-state index is 5.71. The second-order valence-corrected chi connectivity index (χ2v) is 18.6. The molecule has 0 bridgehead atoms. The summed E-state index contributed by atoms with van der Waals surface area (Å²) in [7, 11) is 0. The number of aliphatic imine (C=N–C) groups is 2. The lowest BCUT2D eigenvalue weighted by molar-refractivity contribution is 0.670. The predicted molar refractivity (Wildman–Crippen MR) is 287 cm³/mol. The highest BCUT2D eigenvalue weighted by Crippen LogP contribution is 2.43. The normalized spacial score (nSPS) is 14.6. The number of aromatic nitrogens is 2. The minimum absolute atomic E-state index is 0.447. The van der Waals surface area contributed by atoms with Gasteiger partial charge in [-0.1, -0.05) is 164 Å². The lowest BCUT2D eigenvalue weighted by Gasteiger charge is -2.25. The Hall–Kier alpha value is -9.06. The van der Waals surface area contributed by atoms with Gasteiger partial charge in [-0.05, 0) is 124 Å². The zero-order valence-electron chi connectivity index (χ0n) is 36.6. The molecule has 3 heterocycles. The molecule has 0 spiro atoms. The molecule has 0 radical (unpaired) electrons. The average Bonchev–Trinajstić information content (AvgIpc) is 3.92. The smallest absolute Gasteiger partial charge is 0.234 e. The molecule has 0 fully saturated rings. The molecule has 13 aromatic carbocycles. The van der Waals surface area contributed by atoms with Crippen molar-refractivity contribution in [3.63, 3.8) is 0 Å². The van der Waals surface area contributed by atoms with Gasteiger partial charge in [-0.3, -0.25) is 4.57 Å². The minimum Gasteiger partial charge on any atom is -0.344 e. The summed E-state index contributed by atoms with van der Waals surface area (Å²) in [5.41, 5.74) is 7.69. The third-order valence-electron chi connectivity index (χ3n) is 14.9. The molecule has 1 atom stereocenters. The zero-order valence-corrected chi connectivity index (χ0v) is 36.6. The summed E-state index contributed by atoms with van der Waals surface area (Å²) in [6, 6.07) is 78.0. The predicted octanol–water partition coefficient (Wildman–Crippen LogP) is 15.8. The number of benzene rings is 13. The number of fused-ring (bicyclic) bond motifs is 8. The Bertz CT molecular complexity index is 4590. The molecule has 5 nitrogen and oxygen atoms in total. The van der Waals surface area contributed by atoms with E-state index < -0.39 is 6.17 Å². The first kappa shape index (κ1) is 36.2. The summed E-state index contributed by atoms with van der Waals surface area (Å²) in [5, 5.41) is 26.0. The third kappa shape index (κ3) is 4.89. The van der Waals surface area contributed by atoms with Crippen LogP contribution in [0.1, 0.15) is 17.3 Å². The van der Waals surface area contributed by atoms with Crippen LogP contribution in [0.5, 0.6) is 0 Å². The summed E-state index contributed by atoms with van der Waals surface area (Å²) < 4.78 is 4.79. The first-order chi connectivity index (χ1) is 33.7. The van der Waals surface area contributed by atoms with Crippen LogP contribution in [0, 0.1) is 0 Å². The van der Waals surface area contributed by atoms with Crippen molar-refractivity contribution in [2.75, 3.05) is 0 Å². The van der Waals surface area contributed by atoms with Crippen molar-refractivity contribution in [3.05, 3.63) is 223 Å². The van der Waals surface area contributed by atoms with E-state index in [9.17, 15) is 0 Å². The molecular formula is C63H37N5. The SMILES string of the molecule is c1ccc2c(-n3c4ccccc4c4c5c(ccc43)c3ccccc3n5C3=NC(c4cc5ccc6cccc7ccc(c4)c5c67)NC(c4cc5ccc6cccc7ccc(c4)c5c67)=N3)cccc2c1. The fourth-order valence-corrected chi connectivity index (χ4v) is 12.1. The molecule has 5 heteroatoms. The van der Waals surface area contributed by atoms with Gasteiger partial charge in [-0.15, -0.1) is 0 Å². The molecule has 2 aromatic heterocycles. The van der Waals surface area contributed by atoms with Crippen LogP contribution >= 0.6 is 0 Å². The van der Waals surface area contributed by atoms with E-state index in [0.717, 1.165) is 55.5 Å². The van der Waals surface area contributed by atoms with Crippen LogP contribution in [0.3, 0.4) is 0 Å². The number of nitrogens with zero attached hydrogens (tertiary/aromatic N) is 4. The van der Waals surface area contributed by atoms with E-state index in [1.165, 1.54) is 86.2 Å². The van der Waals surface area contributed by atoms with Crippen molar-refractivity contribution in [3.8, 4) is 5.69 Å². The van der Waals surface area contributed by atoms with Gasteiger partial charge in [0.05, 0.1) is 27.8 Å². The second-order valence-electron chi connectivity index (χ2n) is 18.6. The van der Waals surface area contributed by atoms with Gasteiger partial charge in [0.1, 0.15) is 12.0 Å². The van der Waals surface area contributed by atoms with Gasteiger partial charge in [-0.2, -0.15) is 4.99 Å². The second kappa shape index (κ2) is 13.3. The van der Waals surface area contributed by atoms with Crippen molar-refractivity contribution in [2.24, 2.45) is 9.98 Å². The fraction of sp³-hybridized carbons (Fsp3) is 0.0159. The number of rotatable bonds is 3. The molecule has 0 amide bonds. The highest BCUT2D eigenvalue weighted by Gasteiger charge is 2.28. The number of nitrogens with one attached hydrogen (secondary N) is 1. The molecule has 1 unspecified atom stereocenters. The fourth-order valence-electron chi connectivity index (χ4n) is 12.1. The van der Waals surface area contributed by atoms with Gasteiger partial charge in [0.2, 0.25) is 5.96 Å². The molecule has 314 valence electrons. The Morgan fingerprint density at radius 2 is 0.853 bits per heavy atom. The molecule has 1 N–H and O–H groups in total. The Balaban J connectivity index is 0.995. The lowest BCUT2D eigenvalue weighted by atomic mass is 9.92. The van der Waals surface area contributed by atoms with E-state index >= 15 is 0 Å².